The molecule has 1 N–H and O–H groups in total. The number of amides is 2. The molecule has 0 aliphatic carbocycles. The highest BCUT2D eigenvalue weighted by Crippen LogP contribution is 2.50. The van der Waals surface area contributed by atoms with Crippen LogP contribution in [0.2, 0.25) is 0 Å². The van der Waals surface area contributed by atoms with Gasteiger partial charge in [0.2, 0.25) is 0 Å². The predicted octanol–water partition coefficient (Wildman–Crippen LogP) is 5.32. The van der Waals surface area contributed by atoms with Crippen LogP contribution in [0.4, 0.5) is 4.79 Å². The Bertz CT molecular complexity index is 825. The Labute approximate surface area is 162 Å². The molecule has 28 heavy (non-hydrogen) atoms. The lowest BCUT2D eigenvalue weighted by Crippen LogP contribution is -2.35. The Morgan fingerprint density at radius 1 is 1.07 bits per heavy atom. The summed E-state index contributed by atoms with van der Waals surface area (Å²) in [5.74, 6) is 0.660. The maximum absolute atomic E-state index is 13.2. The quantitative estimate of drug-likeness (QED) is 0.262. The van der Waals surface area contributed by atoms with Crippen molar-refractivity contribution in [3.63, 3.8) is 0 Å². The van der Waals surface area contributed by atoms with Gasteiger partial charge in [-0.25, -0.2) is 4.57 Å². The van der Waals surface area contributed by atoms with E-state index in [9.17, 15) is 9.36 Å². The Balaban J connectivity index is 2.09. The third-order valence-corrected chi connectivity index (χ3v) is 4.70. The molecule has 0 saturated carbocycles. The van der Waals surface area contributed by atoms with Gasteiger partial charge in [-0.05, 0) is 29.8 Å². The van der Waals surface area contributed by atoms with Crippen molar-refractivity contribution in [1.82, 2.24) is 5.32 Å². The van der Waals surface area contributed by atoms with E-state index in [0.29, 0.717) is 11.5 Å². The molecule has 0 unspecified atom stereocenters. The highest BCUT2D eigenvalue weighted by molar-refractivity contribution is 7.49. The average Bonchev–Trinajstić information content (AvgIpc) is 2.67. The molecule has 0 saturated heterocycles. The van der Waals surface area contributed by atoms with Gasteiger partial charge in [-0.2, -0.15) is 0 Å². The molecule has 148 valence electrons. The van der Waals surface area contributed by atoms with Crippen molar-refractivity contribution in [3.05, 3.63) is 71.1 Å². The van der Waals surface area contributed by atoms with Crippen molar-refractivity contribution < 1.29 is 22.9 Å². The highest BCUT2D eigenvalue weighted by atomic mass is 31.2. The molecule has 0 aliphatic heterocycles. The third-order valence-electron chi connectivity index (χ3n) is 3.39. The lowest BCUT2D eigenvalue weighted by atomic mass is 9.95. The minimum Gasteiger partial charge on any atom is -0.395 e. The number of urea groups is 1. The third kappa shape index (κ3) is 7.32. The molecular weight excluding hydrogens is 383 g/mol. The molecule has 0 aliphatic rings. The molecule has 9 nitrogen and oxygen atoms in total. The Kier molecular flexibility index (Phi) is 7.46. The Hall–Kier alpha value is -2.99. The van der Waals surface area contributed by atoms with Crippen LogP contribution in [-0.2, 0) is 9.09 Å². The first kappa shape index (κ1) is 21.3. The van der Waals surface area contributed by atoms with Gasteiger partial charge in [-0.3, -0.25) is 9.32 Å². The molecular formula is C18H21N4O5P. The average molecular weight is 404 g/mol. The van der Waals surface area contributed by atoms with Gasteiger partial charge in [0.25, 0.3) is 0 Å². The topological polar surface area (TPSA) is 123 Å². The number of azide groups is 1. The second-order valence-electron chi connectivity index (χ2n) is 6.54. The van der Waals surface area contributed by atoms with E-state index in [2.05, 4.69) is 15.3 Å². The number of hydrogen-bond acceptors (Lipinski definition) is 5. The summed E-state index contributed by atoms with van der Waals surface area (Å²) in [6.07, 6.45) is 0. The van der Waals surface area contributed by atoms with Crippen LogP contribution in [0.3, 0.4) is 0 Å². The van der Waals surface area contributed by atoms with Gasteiger partial charge in [0, 0.05) is 22.0 Å². The number of phosphoric ester groups is 1. The second-order valence-corrected chi connectivity index (χ2v) is 8.06. The van der Waals surface area contributed by atoms with Gasteiger partial charge >= 0.3 is 13.9 Å². The number of carbonyl (C=O) groups is 1. The van der Waals surface area contributed by atoms with Gasteiger partial charge in [-0.15, -0.1) is 0 Å². The first-order valence-electron chi connectivity index (χ1n) is 8.39. The predicted molar refractivity (Wildman–Crippen MR) is 104 cm³/mol. The molecule has 0 spiro atoms. The lowest BCUT2D eigenvalue weighted by molar-refractivity contribution is 0.136. The van der Waals surface area contributed by atoms with E-state index in [1.54, 1.807) is 74.5 Å². The van der Waals surface area contributed by atoms with Crippen molar-refractivity contribution in [1.29, 1.82) is 0 Å². The van der Waals surface area contributed by atoms with E-state index >= 15 is 0 Å². The number of nitrogens with zero attached hydrogens (tertiary/aromatic N) is 3. The maximum Gasteiger partial charge on any atom is 0.587 e. The lowest BCUT2D eigenvalue weighted by Gasteiger charge is -2.27. The van der Waals surface area contributed by atoms with E-state index < -0.39 is 19.3 Å². The van der Waals surface area contributed by atoms with Gasteiger partial charge in [0.1, 0.15) is 11.5 Å². The summed E-state index contributed by atoms with van der Waals surface area (Å²) in [6.45, 7) is 3.62. The highest BCUT2D eigenvalue weighted by Gasteiger charge is 2.34. The summed E-state index contributed by atoms with van der Waals surface area (Å²) < 4.78 is 29.8. The molecule has 0 bridgehead atoms. The zero-order valence-corrected chi connectivity index (χ0v) is 16.4. The second kappa shape index (κ2) is 9.80. The number of carbonyl (C=O) groups excluding carboxylic acids is 1. The fourth-order valence-corrected chi connectivity index (χ4v) is 3.40. The minimum absolute atomic E-state index is 0.0551. The van der Waals surface area contributed by atoms with Crippen LogP contribution in [0.25, 0.3) is 10.4 Å². The summed E-state index contributed by atoms with van der Waals surface area (Å²) in [5, 5.41) is 5.38. The summed E-state index contributed by atoms with van der Waals surface area (Å²) in [6, 6.07) is 16.3. The standard InChI is InChI=1S/C18H21N4O5P/c1-18(2,13-20-17(23)21-22-19)14-25-28(24,26-15-9-5-3-6-10-15)27-16-11-7-4-8-12-16/h3-12H,13-14H2,1-2H3,(H,20,23). The van der Waals surface area contributed by atoms with Crippen molar-refractivity contribution in [2.75, 3.05) is 13.2 Å². The number of hydrogen-bond donors (Lipinski definition) is 1. The summed E-state index contributed by atoms with van der Waals surface area (Å²) in [5.41, 5.74) is 7.62. The fourth-order valence-electron chi connectivity index (χ4n) is 1.99. The van der Waals surface area contributed by atoms with Gasteiger partial charge in [-0.1, -0.05) is 50.2 Å². The molecule has 0 aromatic heterocycles. The Morgan fingerprint density at radius 3 is 2.04 bits per heavy atom. The van der Waals surface area contributed by atoms with Crippen molar-refractivity contribution in [2.24, 2.45) is 10.5 Å². The van der Waals surface area contributed by atoms with E-state index in [1.165, 1.54) is 0 Å². The van der Waals surface area contributed by atoms with Crippen LogP contribution < -0.4 is 14.4 Å². The summed E-state index contributed by atoms with van der Waals surface area (Å²) >= 11 is 0. The van der Waals surface area contributed by atoms with Crippen molar-refractivity contribution in [3.8, 4) is 11.5 Å². The maximum atomic E-state index is 13.2. The first-order valence-corrected chi connectivity index (χ1v) is 9.85. The van der Waals surface area contributed by atoms with E-state index in [0.717, 1.165) is 0 Å². The monoisotopic (exact) mass is 404 g/mol. The van der Waals surface area contributed by atoms with Crippen molar-refractivity contribution in [2.45, 2.75) is 13.8 Å². The van der Waals surface area contributed by atoms with Crippen LogP contribution in [0.5, 0.6) is 11.5 Å². The molecule has 0 fully saturated rings. The van der Waals surface area contributed by atoms with E-state index in [-0.39, 0.29) is 13.2 Å². The van der Waals surface area contributed by atoms with E-state index in [4.69, 9.17) is 19.1 Å². The smallest absolute Gasteiger partial charge is 0.395 e. The number of para-hydroxylation sites is 2. The molecule has 0 radical (unpaired) electrons. The molecule has 2 amide bonds. The SMILES string of the molecule is CC(C)(CNC(=O)N=[N+]=[N-])COP(=O)(Oc1ccccc1)Oc1ccccc1. The Morgan fingerprint density at radius 2 is 1.57 bits per heavy atom. The molecule has 2 aromatic rings. The molecule has 0 heterocycles. The van der Waals surface area contributed by atoms with E-state index in [1.807, 2.05) is 0 Å². The fraction of sp³-hybridized carbons (Fsp3) is 0.278. The van der Waals surface area contributed by atoms with Gasteiger partial charge in [0.15, 0.2) is 0 Å². The van der Waals surface area contributed by atoms with Crippen LogP contribution in [-0.4, -0.2) is 19.2 Å². The zero-order chi connectivity index (χ0) is 20.5. The van der Waals surface area contributed by atoms with Crippen molar-refractivity contribution >= 4 is 13.9 Å². The number of phosphoric acid groups is 1. The zero-order valence-electron chi connectivity index (χ0n) is 15.5. The van der Waals surface area contributed by atoms with Gasteiger partial charge < -0.3 is 14.4 Å². The minimum atomic E-state index is -4.01. The van der Waals surface area contributed by atoms with Crippen LogP contribution in [0.1, 0.15) is 13.8 Å². The largest absolute Gasteiger partial charge is 0.587 e. The number of rotatable bonds is 9. The number of nitrogens with one attached hydrogen (secondary N) is 1. The van der Waals surface area contributed by atoms with Crippen LogP contribution >= 0.6 is 7.82 Å². The normalized spacial score (nSPS) is 11.2. The molecule has 2 rings (SSSR count). The number of benzene rings is 2. The van der Waals surface area contributed by atoms with Gasteiger partial charge in [0.05, 0.1) is 6.61 Å². The summed E-state index contributed by atoms with van der Waals surface area (Å²) in [7, 11) is -4.01. The molecule has 2 aromatic carbocycles. The first-order chi connectivity index (χ1) is 13.3. The summed E-state index contributed by atoms with van der Waals surface area (Å²) in [4.78, 5) is 13.7. The van der Waals surface area contributed by atoms with Crippen LogP contribution in [0.15, 0.2) is 65.8 Å². The van der Waals surface area contributed by atoms with Crippen LogP contribution in [0, 0.1) is 5.41 Å². The molecule has 10 heteroatoms. The molecule has 0 atom stereocenters.